The van der Waals surface area contributed by atoms with Crippen LogP contribution in [0.5, 0.6) is 0 Å². The van der Waals surface area contributed by atoms with Crippen molar-refractivity contribution < 1.29 is 9.53 Å². The lowest BCUT2D eigenvalue weighted by Crippen LogP contribution is -2.23. The molecule has 4 nitrogen and oxygen atoms in total. The maximum absolute atomic E-state index is 11.1. The maximum Gasteiger partial charge on any atom is 0.333 e. The second-order valence-electron chi connectivity index (χ2n) is 4.03. The molecule has 1 aliphatic heterocycles. The van der Waals surface area contributed by atoms with E-state index in [9.17, 15) is 4.79 Å². The minimum atomic E-state index is -0.246. The zero-order valence-electron chi connectivity index (χ0n) is 9.53. The summed E-state index contributed by atoms with van der Waals surface area (Å²) in [5.41, 5.74) is 6.28. The van der Waals surface area contributed by atoms with Gasteiger partial charge in [-0.2, -0.15) is 0 Å². The van der Waals surface area contributed by atoms with Crippen LogP contribution in [0.4, 0.5) is 0 Å². The molecule has 1 heterocycles. The van der Waals surface area contributed by atoms with Gasteiger partial charge in [-0.3, -0.25) is 4.90 Å². The lowest BCUT2D eigenvalue weighted by atomic mass is 10.1. The molecule has 1 rings (SSSR count). The summed E-state index contributed by atoms with van der Waals surface area (Å²) < 4.78 is 4.62. The Balaban J connectivity index is 2.34. The first kappa shape index (κ1) is 12.2. The van der Waals surface area contributed by atoms with Crippen LogP contribution in [0.15, 0.2) is 11.6 Å². The van der Waals surface area contributed by atoms with E-state index in [-0.39, 0.29) is 5.97 Å². The Morgan fingerprint density at radius 2 is 2.40 bits per heavy atom. The van der Waals surface area contributed by atoms with Crippen molar-refractivity contribution in [2.75, 3.05) is 33.3 Å². The number of hydrogen-bond donors (Lipinski definition) is 1. The average Bonchev–Trinajstić information content (AvgIpc) is 2.72. The van der Waals surface area contributed by atoms with Crippen molar-refractivity contribution >= 4 is 5.97 Å². The first-order valence-corrected chi connectivity index (χ1v) is 5.35. The standard InChI is InChI=1S/C11H20N2O2/c1-9(11(14)15-2)3-5-13-6-4-10(7-12)8-13/h3,10H,4-8,12H2,1-2H3. The van der Waals surface area contributed by atoms with Gasteiger partial charge in [0.25, 0.3) is 0 Å². The molecule has 0 aromatic rings. The van der Waals surface area contributed by atoms with Crippen molar-refractivity contribution in [1.82, 2.24) is 4.90 Å². The van der Waals surface area contributed by atoms with Crippen LogP contribution in [-0.4, -0.2) is 44.2 Å². The minimum Gasteiger partial charge on any atom is -0.466 e. The fraction of sp³-hybridized carbons (Fsp3) is 0.727. The highest BCUT2D eigenvalue weighted by Gasteiger charge is 2.20. The van der Waals surface area contributed by atoms with Gasteiger partial charge in [0, 0.05) is 18.7 Å². The van der Waals surface area contributed by atoms with E-state index in [1.807, 2.05) is 6.08 Å². The molecule has 1 unspecified atom stereocenters. The van der Waals surface area contributed by atoms with Gasteiger partial charge in [0.2, 0.25) is 0 Å². The highest BCUT2D eigenvalue weighted by Crippen LogP contribution is 2.14. The smallest absolute Gasteiger partial charge is 0.333 e. The maximum atomic E-state index is 11.1. The summed E-state index contributed by atoms with van der Waals surface area (Å²) in [6.07, 6.45) is 3.09. The Hall–Kier alpha value is -0.870. The summed E-state index contributed by atoms with van der Waals surface area (Å²) in [4.78, 5) is 13.4. The third kappa shape index (κ3) is 3.64. The molecule has 4 heteroatoms. The number of nitrogens with zero attached hydrogens (tertiary/aromatic N) is 1. The van der Waals surface area contributed by atoms with Crippen LogP contribution < -0.4 is 5.73 Å². The van der Waals surface area contributed by atoms with E-state index in [1.165, 1.54) is 13.5 Å². The Morgan fingerprint density at radius 3 is 2.93 bits per heavy atom. The zero-order chi connectivity index (χ0) is 11.3. The van der Waals surface area contributed by atoms with Crippen molar-refractivity contribution in [2.45, 2.75) is 13.3 Å². The van der Waals surface area contributed by atoms with Crippen molar-refractivity contribution in [1.29, 1.82) is 0 Å². The molecular formula is C11H20N2O2. The molecule has 0 amide bonds. The largest absolute Gasteiger partial charge is 0.466 e. The van der Waals surface area contributed by atoms with Crippen LogP contribution in [0.2, 0.25) is 0 Å². The van der Waals surface area contributed by atoms with Crippen molar-refractivity contribution in [3.63, 3.8) is 0 Å². The highest BCUT2D eigenvalue weighted by molar-refractivity contribution is 5.87. The van der Waals surface area contributed by atoms with Crippen LogP contribution in [0.3, 0.4) is 0 Å². The van der Waals surface area contributed by atoms with E-state index in [0.717, 1.165) is 26.2 Å². The van der Waals surface area contributed by atoms with Gasteiger partial charge in [-0.05, 0) is 32.4 Å². The summed E-state index contributed by atoms with van der Waals surface area (Å²) in [6, 6.07) is 0. The predicted octanol–water partition coefficient (Wildman–Crippen LogP) is 0.386. The number of hydrogen-bond acceptors (Lipinski definition) is 4. The lowest BCUT2D eigenvalue weighted by molar-refractivity contribution is -0.136. The third-order valence-electron chi connectivity index (χ3n) is 2.87. The van der Waals surface area contributed by atoms with Crippen LogP contribution >= 0.6 is 0 Å². The van der Waals surface area contributed by atoms with Crippen molar-refractivity contribution in [3.8, 4) is 0 Å². The van der Waals surface area contributed by atoms with Gasteiger partial charge < -0.3 is 10.5 Å². The number of methoxy groups -OCH3 is 1. The summed E-state index contributed by atoms with van der Waals surface area (Å²) >= 11 is 0. The molecule has 15 heavy (non-hydrogen) atoms. The number of carbonyl (C=O) groups excluding carboxylic acids is 1. The molecule has 1 aliphatic rings. The number of carbonyl (C=O) groups is 1. The van der Waals surface area contributed by atoms with Gasteiger partial charge in [-0.1, -0.05) is 6.08 Å². The van der Waals surface area contributed by atoms with Crippen molar-refractivity contribution in [3.05, 3.63) is 11.6 Å². The molecule has 1 saturated heterocycles. The molecular weight excluding hydrogens is 192 g/mol. The monoisotopic (exact) mass is 212 g/mol. The van der Waals surface area contributed by atoms with E-state index in [4.69, 9.17) is 5.73 Å². The van der Waals surface area contributed by atoms with Gasteiger partial charge in [0.05, 0.1) is 7.11 Å². The third-order valence-corrected chi connectivity index (χ3v) is 2.87. The summed E-state index contributed by atoms with van der Waals surface area (Å²) in [5, 5.41) is 0. The first-order valence-electron chi connectivity index (χ1n) is 5.35. The van der Waals surface area contributed by atoms with Gasteiger partial charge >= 0.3 is 5.97 Å². The number of nitrogens with two attached hydrogens (primary N) is 1. The minimum absolute atomic E-state index is 0.246. The first-order chi connectivity index (χ1) is 7.17. The Kier molecular flexibility index (Phi) is 4.78. The Morgan fingerprint density at radius 1 is 1.67 bits per heavy atom. The molecule has 0 aromatic heterocycles. The van der Waals surface area contributed by atoms with Gasteiger partial charge in [0.15, 0.2) is 0 Å². The molecule has 86 valence electrons. The lowest BCUT2D eigenvalue weighted by Gasteiger charge is -2.13. The molecule has 1 fully saturated rings. The molecule has 0 bridgehead atoms. The van der Waals surface area contributed by atoms with Crippen LogP contribution in [0.25, 0.3) is 0 Å². The number of likely N-dealkylation sites (tertiary alicyclic amines) is 1. The summed E-state index contributed by atoms with van der Waals surface area (Å²) in [5.74, 6) is 0.376. The average molecular weight is 212 g/mol. The summed E-state index contributed by atoms with van der Waals surface area (Å²) in [7, 11) is 1.40. The van der Waals surface area contributed by atoms with E-state index >= 15 is 0 Å². The molecule has 0 aliphatic carbocycles. The number of ether oxygens (including phenoxy) is 1. The zero-order valence-corrected chi connectivity index (χ0v) is 9.53. The van der Waals surface area contributed by atoms with Crippen molar-refractivity contribution in [2.24, 2.45) is 11.7 Å². The molecule has 0 saturated carbocycles. The van der Waals surface area contributed by atoms with Gasteiger partial charge in [0.1, 0.15) is 0 Å². The van der Waals surface area contributed by atoms with E-state index in [1.54, 1.807) is 6.92 Å². The van der Waals surface area contributed by atoms with E-state index in [0.29, 0.717) is 11.5 Å². The van der Waals surface area contributed by atoms with Gasteiger partial charge in [-0.15, -0.1) is 0 Å². The van der Waals surface area contributed by atoms with E-state index in [2.05, 4.69) is 9.64 Å². The molecule has 1 atom stereocenters. The fourth-order valence-corrected chi connectivity index (χ4v) is 1.78. The summed E-state index contributed by atoms with van der Waals surface area (Å²) in [6.45, 7) is 5.48. The Labute approximate surface area is 91.1 Å². The Bertz CT molecular complexity index is 251. The SMILES string of the molecule is COC(=O)C(C)=CCN1CCC(CN)C1. The fourth-order valence-electron chi connectivity index (χ4n) is 1.78. The highest BCUT2D eigenvalue weighted by atomic mass is 16.5. The number of rotatable bonds is 4. The van der Waals surface area contributed by atoms with Gasteiger partial charge in [-0.25, -0.2) is 4.79 Å². The van der Waals surface area contributed by atoms with Crippen LogP contribution in [0, 0.1) is 5.92 Å². The molecule has 2 N–H and O–H groups in total. The molecule has 0 spiro atoms. The molecule has 0 aromatic carbocycles. The normalized spacial score (nSPS) is 23.1. The predicted molar refractivity (Wildman–Crippen MR) is 59.4 cm³/mol. The molecule has 0 radical (unpaired) electrons. The second-order valence-corrected chi connectivity index (χ2v) is 4.03. The second kappa shape index (κ2) is 5.88. The van der Waals surface area contributed by atoms with E-state index < -0.39 is 0 Å². The topological polar surface area (TPSA) is 55.6 Å². The van der Waals surface area contributed by atoms with Crippen LogP contribution in [-0.2, 0) is 9.53 Å². The van der Waals surface area contributed by atoms with Crippen LogP contribution in [0.1, 0.15) is 13.3 Å². The number of esters is 1. The quantitative estimate of drug-likeness (QED) is 0.541.